The molecule has 1 nitrogen and oxygen atoms in total. The summed E-state index contributed by atoms with van der Waals surface area (Å²) in [5.74, 6) is 0.867. The van der Waals surface area contributed by atoms with Crippen LogP contribution in [0.25, 0.3) is 0 Å². The fourth-order valence-electron chi connectivity index (χ4n) is 2.20. The number of hydrogen-bond donors (Lipinski definition) is 1. The van der Waals surface area contributed by atoms with Crippen LogP contribution in [-0.2, 0) is 6.42 Å². The predicted octanol–water partition coefficient (Wildman–Crippen LogP) is 2.99. The number of rotatable bonds is 2. The van der Waals surface area contributed by atoms with E-state index < -0.39 is 0 Å². The lowest BCUT2D eigenvalue weighted by atomic mass is 9.96. The normalized spacial score (nSPS) is 23.4. The zero-order valence-corrected chi connectivity index (χ0v) is 9.70. The van der Waals surface area contributed by atoms with Crippen molar-refractivity contribution in [1.82, 2.24) is 5.32 Å². The van der Waals surface area contributed by atoms with Gasteiger partial charge in [-0.2, -0.15) is 0 Å². The lowest BCUT2D eigenvalue weighted by Gasteiger charge is -2.12. The molecule has 1 aromatic rings. The fourth-order valence-corrected chi connectivity index (χ4v) is 2.92. The van der Waals surface area contributed by atoms with E-state index in [9.17, 15) is 0 Å². The average molecular weight is 209 g/mol. The van der Waals surface area contributed by atoms with Gasteiger partial charge in [0.2, 0.25) is 0 Å². The Hall–Kier alpha value is -0.340. The van der Waals surface area contributed by atoms with Crippen LogP contribution in [0.4, 0.5) is 0 Å². The zero-order chi connectivity index (χ0) is 9.80. The third-order valence-corrected chi connectivity index (χ3v) is 3.87. The van der Waals surface area contributed by atoms with Crippen molar-refractivity contribution < 1.29 is 0 Å². The Morgan fingerprint density at radius 2 is 2.43 bits per heavy atom. The van der Waals surface area contributed by atoms with Crippen molar-refractivity contribution in [2.24, 2.45) is 5.92 Å². The van der Waals surface area contributed by atoms with Crippen LogP contribution in [0, 0.1) is 12.8 Å². The van der Waals surface area contributed by atoms with E-state index in [4.69, 9.17) is 0 Å². The van der Waals surface area contributed by atoms with Crippen LogP contribution in [0.2, 0.25) is 0 Å². The van der Waals surface area contributed by atoms with E-state index in [1.54, 1.807) is 5.56 Å². The molecule has 1 unspecified atom stereocenters. The highest BCUT2D eigenvalue weighted by Gasteiger charge is 2.12. The molecule has 14 heavy (non-hydrogen) atoms. The Labute approximate surface area is 90.5 Å². The molecular weight excluding hydrogens is 190 g/mol. The van der Waals surface area contributed by atoms with Crippen molar-refractivity contribution in [1.29, 1.82) is 0 Å². The lowest BCUT2D eigenvalue weighted by Crippen LogP contribution is -2.21. The standard InChI is InChI=1S/C12H19NS/c1-10-6-12(9-14-10)7-11-4-2-3-5-13-8-11/h6,9,11,13H,2-5,7-8H2,1H3. The van der Waals surface area contributed by atoms with Crippen molar-refractivity contribution in [3.8, 4) is 0 Å². The third kappa shape index (κ3) is 2.82. The van der Waals surface area contributed by atoms with Crippen LogP contribution < -0.4 is 5.32 Å². The Kier molecular flexibility index (Phi) is 3.60. The molecule has 0 amide bonds. The maximum absolute atomic E-state index is 3.53. The van der Waals surface area contributed by atoms with Crippen molar-refractivity contribution >= 4 is 11.3 Å². The maximum Gasteiger partial charge on any atom is 0.00170 e. The minimum Gasteiger partial charge on any atom is -0.316 e. The van der Waals surface area contributed by atoms with Gasteiger partial charge in [-0.05, 0) is 62.2 Å². The summed E-state index contributed by atoms with van der Waals surface area (Å²) in [6.45, 7) is 4.63. The first-order valence-corrected chi connectivity index (χ1v) is 6.47. The lowest BCUT2D eigenvalue weighted by molar-refractivity contribution is 0.478. The molecule has 0 bridgehead atoms. The van der Waals surface area contributed by atoms with Gasteiger partial charge in [-0.15, -0.1) is 11.3 Å². The van der Waals surface area contributed by atoms with Crippen molar-refractivity contribution in [2.75, 3.05) is 13.1 Å². The van der Waals surface area contributed by atoms with Crippen LogP contribution in [0.15, 0.2) is 11.4 Å². The molecule has 0 radical (unpaired) electrons. The highest BCUT2D eigenvalue weighted by Crippen LogP contribution is 2.20. The summed E-state index contributed by atoms with van der Waals surface area (Å²) >= 11 is 1.88. The summed E-state index contributed by atoms with van der Waals surface area (Å²) in [6.07, 6.45) is 5.44. The average Bonchev–Trinajstić information content (AvgIpc) is 2.43. The van der Waals surface area contributed by atoms with Crippen LogP contribution in [-0.4, -0.2) is 13.1 Å². The van der Waals surface area contributed by atoms with Gasteiger partial charge in [-0.1, -0.05) is 6.42 Å². The molecule has 1 N–H and O–H groups in total. The minimum atomic E-state index is 0.867. The van der Waals surface area contributed by atoms with E-state index in [1.807, 2.05) is 11.3 Å². The first kappa shape index (κ1) is 10.2. The van der Waals surface area contributed by atoms with Crippen molar-refractivity contribution in [3.63, 3.8) is 0 Å². The van der Waals surface area contributed by atoms with Gasteiger partial charge >= 0.3 is 0 Å². The van der Waals surface area contributed by atoms with E-state index in [-0.39, 0.29) is 0 Å². The number of hydrogen-bond acceptors (Lipinski definition) is 2. The first-order valence-electron chi connectivity index (χ1n) is 5.59. The molecule has 2 heterocycles. The molecular formula is C12H19NS. The minimum absolute atomic E-state index is 0.867. The van der Waals surface area contributed by atoms with E-state index in [1.165, 1.54) is 43.6 Å². The molecule has 0 saturated carbocycles. The molecule has 1 fully saturated rings. The van der Waals surface area contributed by atoms with Gasteiger partial charge in [0, 0.05) is 4.88 Å². The summed E-state index contributed by atoms with van der Waals surface area (Å²) in [5, 5.41) is 5.85. The van der Waals surface area contributed by atoms with Gasteiger partial charge in [0.25, 0.3) is 0 Å². The third-order valence-electron chi connectivity index (χ3n) is 2.96. The second-order valence-electron chi connectivity index (χ2n) is 4.34. The molecule has 2 heteroatoms. The number of aryl methyl sites for hydroxylation is 1. The van der Waals surface area contributed by atoms with Gasteiger partial charge in [0.15, 0.2) is 0 Å². The Morgan fingerprint density at radius 1 is 1.50 bits per heavy atom. The highest BCUT2D eigenvalue weighted by molar-refractivity contribution is 7.10. The Morgan fingerprint density at radius 3 is 3.21 bits per heavy atom. The fraction of sp³-hybridized carbons (Fsp3) is 0.667. The van der Waals surface area contributed by atoms with Gasteiger partial charge in [-0.25, -0.2) is 0 Å². The zero-order valence-electron chi connectivity index (χ0n) is 8.88. The van der Waals surface area contributed by atoms with Gasteiger partial charge in [0.05, 0.1) is 0 Å². The monoisotopic (exact) mass is 209 g/mol. The number of nitrogens with one attached hydrogen (secondary N) is 1. The largest absolute Gasteiger partial charge is 0.316 e. The summed E-state index contributed by atoms with van der Waals surface area (Å²) in [5.41, 5.74) is 1.54. The molecule has 0 aromatic carbocycles. The summed E-state index contributed by atoms with van der Waals surface area (Å²) in [7, 11) is 0. The van der Waals surface area contributed by atoms with Crippen molar-refractivity contribution in [3.05, 3.63) is 21.9 Å². The Bertz CT molecular complexity index is 272. The quantitative estimate of drug-likeness (QED) is 0.789. The molecule has 1 aliphatic heterocycles. The molecule has 1 aromatic heterocycles. The van der Waals surface area contributed by atoms with E-state index in [0.717, 1.165) is 5.92 Å². The summed E-state index contributed by atoms with van der Waals surface area (Å²) in [6, 6.07) is 2.34. The van der Waals surface area contributed by atoms with Gasteiger partial charge in [0.1, 0.15) is 0 Å². The van der Waals surface area contributed by atoms with Crippen LogP contribution in [0.3, 0.4) is 0 Å². The van der Waals surface area contributed by atoms with Crippen LogP contribution >= 0.6 is 11.3 Å². The van der Waals surface area contributed by atoms with E-state index in [2.05, 4.69) is 23.7 Å². The second-order valence-corrected chi connectivity index (χ2v) is 5.45. The van der Waals surface area contributed by atoms with Crippen molar-refractivity contribution in [2.45, 2.75) is 32.6 Å². The number of thiophene rings is 1. The summed E-state index contributed by atoms with van der Waals surface area (Å²) < 4.78 is 0. The molecule has 0 spiro atoms. The predicted molar refractivity (Wildman–Crippen MR) is 63.0 cm³/mol. The van der Waals surface area contributed by atoms with E-state index in [0.29, 0.717) is 0 Å². The Balaban J connectivity index is 1.89. The smallest absolute Gasteiger partial charge is 0.00170 e. The van der Waals surface area contributed by atoms with Crippen LogP contribution in [0.5, 0.6) is 0 Å². The maximum atomic E-state index is 3.53. The SMILES string of the molecule is Cc1cc(CC2CCCCNC2)cs1. The molecule has 0 aliphatic carbocycles. The molecule has 78 valence electrons. The van der Waals surface area contributed by atoms with Gasteiger partial charge in [-0.3, -0.25) is 0 Å². The summed E-state index contributed by atoms with van der Waals surface area (Å²) in [4.78, 5) is 1.45. The van der Waals surface area contributed by atoms with Gasteiger partial charge < -0.3 is 5.32 Å². The molecule has 1 saturated heterocycles. The molecule has 2 rings (SSSR count). The molecule has 1 atom stereocenters. The van der Waals surface area contributed by atoms with E-state index >= 15 is 0 Å². The highest BCUT2D eigenvalue weighted by atomic mass is 32.1. The topological polar surface area (TPSA) is 12.0 Å². The molecule has 1 aliphatic rings. The van der Waals surface area contributed by atoms with Crippen LogP contribution in [0.1, 0.15) is 29.7 Å². The first-order chi connectivity index (χ1) is 6.84. The second kappa shape index (κ2) is 4.94.